The molecular weight excluding hydrogens is 484 g/mol. The van der Waals surface area contributed by atoms with Crippen LogP contribution in [0.4, 0.5) is 0 Å². The Morgan fingerprint density at radius 1 is 0.973 bits per heavy atom. The van der Waals surface area contributed by atoms with Crippen LogP contribution in [0.25, 0.3) is 0 Å². The van der Waals surface area contributed by atoms with Crippen LogP contribution in [0.5, 0.6) is 5.75 Å². The maximum Gasteiger partial charge on any atom is 0.261 e. The number of benzene rings is 3. The van der Waals surface area contributed by atoms with E-state index in [9.17, 15) is 9.59 Å². The van der Waals surface area contributed by atoms with Gasteiger partial charge < -0.3 is 15.0 Å². The Morgan fingerprint density at radius 2 is 1.70 bits per heavy atom. The molecule has 0 aliphatic heterocycles. The highest BCUT2D eigenvalue weighted by Gasteiger charge is 2.30. The molecule has 37 heavy (non-hydrogen) atoms. The monoisotopic (exact) mass is 520 g/mol. The molecule has 0 aromatic heterocycles. The van der Waals surface area contributed by atoms with E-state index in [4.69, 9.17) is 16.3 Å². The number of hydrogen-bond acceptors (Lipinski definition) is 3. The fourth-order valence-electron chi connectivity index (χ4n) is 4.27. The number of rotatable bonds is 12. The van der Waals surface area contributed by atoms with Crippen LogP contribution in [-0.2, 0) is 22.6 Å². The first kappa shape index (κ1) is 28.3. The number of aryl methyl sites for hydroxylation is 2. The van der Waals surface area contributed by atoms with Crippen LogP contribution in [0.15, 0.2) is 66.7 Å². The Labute approximate surface area is 225 Å². The third kappa shape index (κ3) is 8.36. The first-order valence-electron chi connectivity index (χ1n) is 12.8. The van der Waals surface area contributed by atoms with Gasteiger partial charge in [0.25, 0.3) is 5.91 Å². The molecule has 3 aromatic carbocycles. The molecule has 2 amide bonds. The van der Waals surface area contributed by atoms with Gasteiger partial charge in [0.1, 0.15) is 11.8 Å². The zero-order valence-corrected chi connectivity index (χ0v) is 23.0. The van der Waals surface area contributed by atoms with Crippen LogP contribution < -0.4 is 10.1 Å². The molecule has 0 aliphatic carbocycles. The Morgan fingerprint density at radius 3 is 2.41 bits per heavy atom. The minimum Gasteiger partial charge on any atom is -0.483 e. The lowest BCUT2D eigenvalue weighted by Crippen LogP contribution is -2.51. The van der Waals surface area contributed by atoms with E-state index in [-0.39, 0.29) is 25.0 Å². The largest absolute Gasteiger partial charge is 0.483 e. The highest BCUT2D eigenvalue weighted by molar-refractivity contribution is 6.30. The third-order valence-corrected chi connectivity index (χ3v) is 6.69. The summed E-state index contributed by atoms with van der Waals surface area (Å²) in [5.41, 5.74) is 5.00. The molecule has 0 unspecified atom stereocenters. The summed E-state index contributed by atoms with van der Waals surface area (Å²) in [7, 11) is 0. The quantitative estimate of drug-likeness (QED) is 0.289. The third-order valence-electron chi connectivity index (χ3n) is 6.46. The lowest BCUT2D eigenvalue weighted by Gasteiger charge is -2.31. The Hall–Kier alpha value is -3.31. The van der Waals surface area contributed by atoms with Gasteiger partial charge in [-0.3, -0.25) is 9.59 Å². The van der Waals surface area contributed by atoms with Crippen molar-refractivity contribution in [3.63, 3.8) is 0 Å². The molecule has 0 heterocycles. The highest BCUT2D eigenvalue weighted by atomic mass is 35.5. The first-order valence-corrected chi connectivity index (χ1v) is 13.2. The molecule has 0 aliphatic rings. The number of nitrogens with one attached hydrogen (secondary N) is 1. The van der Waals surface area contributed by atoms with Crippen molar-refractivity contribution < 1.29 is 14.3 Å². The molecule has 1 N–H and O–H groups in total. The molecule has 196 valence electrons. The number of hydrogen-bond donors (Lipinski definition) is 1. The lowest BCUT2D eigenvalue weighted by molar-refractivity contribution is -0.142. The molecule has 1 atom stereocenters. The molecule has 0 radical (unpaired) electrons. The Kier molecular flexibility index (Phi) is 10.6. The van der Waals surface area contributed by atoms with Crippen molar-refractivity contribution >= 4 is 23.4 Å². The number of carbonyl (C=O) groups excluding carboxylic acids is 2. The minimum absolute atomic E-state index is 0.169. The second-order valence-electron chi connectivity index (χ2n) is 9.50. The summed E-state index contributed by atoms with van der Waals surface area (Å²) in [6.45, 7) is 8.73. The average Bonchev–Trinajstić information content (AvgIpc) is 2.88. The second-order valence-corrected chi connectivity index (χ2v) is 9.93. The first-order chi connectivity index (χ1) is 17.8. The molecule has 0 saturated heterocycles. The number of carbonyl (C=O) groups is 2. The fraction of sp³-hybridized carbons (Fsp3) is 0.355. The molecule has 6 heteroatoms. The minimum atomic E-state index is -0.699. The van der Waals surface area contributed by atoms with Crippen LogP contribution in [0, 0.1) is 20.8 Å². The number of nitrogens with zero attached hydrogens (tertiary/aromatic N) is 1. The fourth-order valence-corrected chi connectivity index (χ4v) is 4.48. The maximum absolute atomic E-state index is 13.7. The van der Waals surface area contributed by atoms with Crippen molar-refractivity contribution in [2.45, 2.75) is 59.5 Å². The number of halogens is 1. The van der Waals surface area contributed by atoms with Gasteiger partial charge in [-0.2, -0.15) is 0 Å². The smallest absolute Gasteiger partial charge is 0.261 e. The molecule has 0 bridgehead atoms. The van der Waals surface area contributed by atoms with E-state index < -0.39 is 6.04 Å². The van der Waals surface area contributed by atoms with Gasteiger partial charge in [0, 0.05) is 24.5 Å². The summed E-state index contributed by atoms with van der Waals surface area (Å²) in [5.74, 6) is 0.251. The number of unbranched alkanes of at least 4 members (excludes halogenated alkanes) is 1. The molecule has 0 saturated carbocycles. The Bertz CT molecular complexity index is 1200. The zero-order chi connectivity index (χ0) is 26.8. The summed E-state index contributed by atoms with van der Waals surface area (Å²) >= 11 is 6.25. The van der Waals surface area contributed by atoms with Gasteiger partial charge in [0.05, 0.1) is 0 Å². The van der Waals surface area contributed by atoms with Gasteiger partial charge in [-0.25, -0.2) is 0 Å². The van der Waals surface area contributed by atoms with Gasteiger partial charge in [0.15, 0.2) is 6.61 Å². The van der Waals surface area contributed by atoms with Gasteiger partial charge in [-0.15, -0.1) is 0 Å². The van der Waals surface area contributed by atoms with E-state index in [0.29, 0.717) is 23.7 Å². The van der Waals surface area contributed by atoms with E-state index in [1.165, 1.54) is 0 Å². The lowest BCUT2D eigenvalue weighted by atomic mass is 10.0. The molecule has 3 rings (SSSR count). The maximum atomic E-state index is 13.7. The van der Waals surface area contributed by atoms with Gasteiger partial charge in [0.2, 0.25) is 5.91 Å². The van der Waals surface area contributed by atoms with E-state index in [1.54, 1.807) is 11.0 Å². The predicted octanol–water partition coefficient (Wildman–Crippen LogP) is 6.20. The summed E-state index contributed by atoms with van der Waals surface area (Å²) in [5, 5.41) is 3.62. The van der Waals surface area contributed by atoms with Gasteiger partial charge >= 0.3 is 0 Å². The summed E-state index contributed by atoms with van der Waals surface area (Å²) in [6, 6.07) is 20.5. The zero-order valence-electron chi connectivity index (χ0n) is 22.2. The van der Waals surface area contributed by atoms with Crippen LogP contribution in [0.3, 0.4) is 0 Å². The van der Waals surface area contributed by atoms with Crippen LogP contribution in [0.2, 0.25) is 5.02 Å². The van der Waals surface area contributed by atoms with Crippen molar-refractivity contribution in [3.05, 3.63) is 99.6 Å². The standard InChI is InChI=1S/C31H37ClN2O3/c1-5-6-15-33-31(36)28(19-25-11-8-7-9-12-25)34(20-26-13-10-14-27(32)18-26)30(35)21-37-29-17-22(2)16-23(3)24(29)4/h7-14,16-18,28H,5-6,15,19-21H2,1-4H3,(H,33,36)/t28-/m1/s1. The molecule has 0 spiro atoms. The van der Waals surface area contributed by atoms with E-state index in [2.05, 4.69) is 18.3 Å². The van der Waals surface area contributed by atoms with Crippen molar-refractivity contribution in [2.24, 2.45) is 0 Å². The normalized spacial score (nSPS) is 11.6. The van der Waals surface area contributed by atoms with Crippen LogP contribution in [0.1, 0.15) is 47.6 Å². The van der Waals surface area contributed by atoms with E-state index >= 15 is 0 Å². The number of amides is 2. The summed E-state index contributed by atoms with van der Waals surface area (Å²) < 4.78 is 6.03. The molecule has 0 fully saturated rings. The predicted molar refractivity (Wildman–Crippen MR) is 150 cm³/mol. The van der Waals surface area contributed by atoms with Crippen molar-refractivity contribution in [2.75, 3.05) is 13.2 Å². The SMILES string of the molecule is CCCCNC(=O)[C@@H](Cc1ccccc1)N(Cc1cccc(Cl)c1)C(=O)COc1cc(C)cc(C)c1C. The van der Waals surface area contributed by atoms with Crippen molar-refractivity contribution in [3.8, 4) is 5.75 Å². The molecule has 5 nitrogen and oxygen atoms in total. The van der Waals surface area contributed by atoms with Crippen LogP contribution >= 0.6 is 11.6 Å². The van der Waals surface area contributed by atoms with Crippen LogP contribution in [-0.4, -0.2) is 35.9 Å². The molecular formula is C31H37ClN2O3. The van der Waals surface area contributed by atoms with E-state index in [1.807, 2.05) is 75.4 Å². The second kappa shape index (κ2) is 13.8. The summed E-state index contributed by atoms with van der Waals surface area (Å²) in [4.78, 5) is 28.8. The summed E-state index contributed by atoms with van der Waals surface area (Å²) in [6.07, 6.45) is 2.24. The topological polar surface area (TPSA) is 58.6 Å². The van der Waals surface area contributed by atoms with Crippen molar-refractivity contribution in [1.82, 2.24) is 10.2 Å². The molecule has 3 aromatic rings. The Balaban J connectivity index is 1.92. The number of ether oxygens (including phenoxy) is 1. The average molecular weight is 521 g/mol. The van der Waals surface area contributed by atoms with E-state index in [0.717, 1.165) is 40.7 Å². The van der Waals surface area contributed by atoms with Crippen molar-refractivity contribution in [1.29, 1.82) is 0 Å². The van der Waals surface area contributed by atoms with Gasteiger partial charge in [-0.1, -0.05) is 73.5 Å². The van der Waals surface area contributed by atoms with Gasteiger partial charge in [-0.05, 0) is 73.2 Å². The highest BCUT2D eigenvalue weighted by Crippen LogP contribution is 2.24.